The molecule has 2 heterocycles. The van der Waals surface area contributed by atoms with E-state index in [9.17, 15) is 9.90 Å². The third-order valence-corrected chi connectivity index (χ3v) is 3.95. The Bertz CT molecular complexity index is 745. The minimum absolute atomic E-state index is 0.0955. The van der Waals surface area contributed by atoms with Gasteiger partial charge in [0.15, 0.2) is 0 Å². The van der Waals surface area contributed by atoms with Crippen LogP contribution in [-0.2, 0) is 13.1 Å². The van der Waals surface area contributed by atoms with Crippen LogP contribution in [0.3, 0.4) is 0 Å². The summed E-state index contributed by atoms with van der Waals surface area (Å²) in [4.78, 5) is 20.9. The first-order valence-corrected chi connectivity index (χ1v) is 7.76. The van der Waals surface area contributed by atoms with Crippen LogP contribution < -0.4 is 10.3 Å². The molecule has 0 radical (unpaired) electrons. The van der Waals surface area contributed by atoms with E-state index in [1.54, 1.807) is 31.2 Å². The standard InChI is InChI=1S/C16H18ClN3O3/c1-10-18-15-8-20(7-14(15)16(22)19-10)6-12(21)9-23-13-4-2-11(17)3-5-13/h2-5,12,21H,6-9H2,1H3,(H,18,19,22). The lowest BCUT2D eigenvalue weighted by Gasteiger charge is -2.19. The molecular weight excluding hydrogens is 318 g/mol. The molecule has 122 valence electrons. The molecule has 1 atom stereocenters. The fourth-order valence-corrected chi connectivity index (χ4v) is 2.78. The monoisotopic (exact) mass is 335 g/mol. The molecule has 1 unspecified atom stereocenters. The number of aryl methyl sites for hydroxylation is 1. The maximum absolute atomic E-state index is 11.9. The molecule has 6 nitrogen and oxygen atoms in total. The topological polar surface area (TPSA) is 78.5 Å². The van der Waals surface area contributed by atoms with E-state index in [1.807, 2.05) is 4.90 Å². The number of nitrogens with zero attached hydrogens (tertiary/aromatic N) is 2. The molecule has 2 N–H and O–H groups in total. The summed E-state index contributed by atoms with van der Waals surface area (Å²) >= 11 is 5.81. The van der Waals surface area contributed by atoms with Gasteiger partial charge in [-0.15, -0.1) is 0 Å². The normalized spacial score (nSPS) is 15.4. The predicted molar refractivity (Wildman–Crippen MR) is 86.7 cm³/mol. The number of rotatable bonds is 5. The van der Waals surface area contributed by atoms with Crippen molar-refractivity contribution in [2.45, 2.75) is 26.1 Å². The molecule has 23 heavy (non-hydrogen) atoms. The largest absolute Gasteiger partial charge is 0.491 e. The molecule has 1 aromatic carbocycles. The lowest BCUT2D eigenvalue weighted by atomic mass is 10.3. The molecule has 1 aromatic heterocycles. The van der Waals surface area contributed by atoms with Crippen LogP contribution in [0.15, 0.2) is 29.1 Å². The Kier molecular flexibility index (Phi) is 4.66. The number of hydrogen-bond donors (Lipinski definition) is 2. The number of hydrogen-bond acceptors (Lipinski definition) is 5. The van der Waals surface area contributed by atoms with Crippen molar-refractivity contribution in [3.63, 3.8) is 0 Å². The van der Waals surface area contributed by atoms with Crippen LogP contribution in [0.1, 0.15) is 17.1 Å². The zero-order valence-corrected chi connectivity index (χ0v) is 13.5. The van der Waals surface area contributed by atoms with Crippen molar-refractivity contribution >= 4 is 11.6 Å². The number of ether oxygens (including phenoxy) is 1. The Balaban J connectivity index is 1.53. The maximum Gasteiger partial charge on any atom is 0.255 e. The number of aromatic amines is 1. The molecular formula is C16H18ClN3O3. The highest BCUT2D eigenvalue weighted by Gasteiger charge is 2.25. The van der Waals surface area contributed by atoms with E-state index in [0.717, 1.165) is 5.69 Å². The summed E-state index contributed by atoms with van der Waals surface area (Å²) in [6, 6.07) is 6.99. The predicted octanol–water partition coefficient (Wildman–Crippen LogP) is 1.49. The molecule has 1 aliphatic rings. The van der Waals surface area contributed by atoms with Gasteiger partial charge in [0.1, 0.15) is 24.3 Å². The number of benzene rings is 1. The van der Waals surface area contributed by atoms with E-state index in [2.05, 4.69) is 9.97 Å². The molecule has 1 aliphatic heterocycles. The fourth-order valence-electron chi connectivity index (χ4n) is 2.66. The maximum atomic E-state index is 11.9. The summed E-state index contributed by atoms with van der Waals surface area (Å²) < 4.78 is 5.53. The molecule has 2 aromatic rings. The van der Waals surface area contributed by atoms with Gasteiger partial charge in [0.05, 0.1) is 11.3 Å². The van der Waals surface area contributed by atoms with Gasteiger partial charge in [0.2, 0.25) is 0 Å². The summed E-state index contributed by atoms with van der Waals surface area (Å²) in [7, 11) is 0. The Morgan fingerprint density at radius 1 is 1.39 bits per heavy atom. The summed E-state index contributed by atoms with van der Waals surface area (Å²) in [5.74, 6) is 1.27. The summed E-state index contributed by atoms with van der Waals surface area (Å²) in [6.07, 6.45) is -0.653. The van der Waals surface area contributed by atoms with Gasteiger partial charge in [-0.25, -0.2) is 4.98 Å². The smallest absolute Gasteiger partial charge is 0.255 e. The molecule has 0 saturated carbocycles. The Morgan fingerprint density at radius 3 is 2.87 bits per heavy atom. The van der Waals surface area contributed by atoms with Crippen LogP contribution in [0.5, 0.6) is 5.75 Å². The molecule has 0 amide bonds. The van der Waals surface area contributed by atoms with Gasteiger partial charge in [-0.2, -0.15) is 0 Å². The summed E-state index contributed by atoms with van der Waals surface area (Å²) in [5, 5.41) is 10.8. The fraction of sp³-hybridized carbons (Fsp3) is 0.375. The highest BCUT2D eigenvalue weighted by atomic mass is 35.5. The number of β-amino-alcohol motifs (C(OH)–C–C–N with tert-alkyl or cyclic N) is 1. The van der Waals surface area contributed by atoms with Gasteiger partial charge in [0, 0.05) is 24.7 Å². The molecule has 0 fully saturated rings. The number of H-pyrrole nitrogens is 1. The number of aliphatic hydroxyl groups is 1. The van der Waals surface area contributed by atoms with Crippen LogP contribution in [-0.4, -0.2) is 39.2 Å². The van der Waals surface area contributed by atoms with Crippen LogP contribution in [0.4, 0.5) is 0 Å². The van der Waals surface area contributed by atoms with Gasteiger partial charge in [-0.1, -0.05) is 11.6 Å². The average Bonchev–Trinajstić information content (AvgIpc) is 2.89. The van der Waals surface area contributed by atoms with Crippen LogP contribution in [0.25, 0.3) is 0 Å². The molecule has 0 bridgehead atoms. The highest BCUT2D eigenvalue weighted by molar-refractivity contribution is 6.30. The van der Waals surface area contributed by atoms with E-state index in [4.69, 9.17) is 16.3 Å². The van der Waals surface area contributed by atoms with E-state index in [0.29, 0.717) is 41.8 Å². The SMILES string of the molecule is Cc1nc2c(c(=O)[nH]1)CN(CC(O)COc1ccc(Cl)cc1)C2. The molecule has 3 rings (SSSR count). The molecule has 7 heteroatoms. The number of aliphatic hydroxyl groups excluding tert-OH is 1. The van der Waals surface area contributed by atoms with E-state index in [-0.39, 0.29) is 12.2 Å². The Hall–Kier alpha value is -1.89. The third-order valence-electron chi connectivity index (χ3n) is 3.70. The van der Waals surface area contributed by atoms with Crippen molar-refractivity contribution in [1.82, 2.24) is 14.9 Å². The average molecular weight is 336 g/mol. The highest BCUT2D eigenvalue weighted by Crippen LogP contribution is 2.18. The zero-order valence-electron chi connectivity index (χ0n) is 12.8. The second kappa shape index (κ2) is 6.70. The van der Waals surface area contributed by atoms with Crippen molar-refractivity contribution in [1.29, 1.82) is 0 Å². The van der Waals surface area contributed by atoms with Gasteiger partial charge in [0.25, 0.3) is 5.56 Å². The lowest BCUT2D eigenvalue weighted by molar-refractivity contribution is 0.0670. The molecule has 0 saturated heterocycles. The number of nitrogens with one attached hydrogen (secondary N) is 1. The lowest BCUT2D eigenvalue weighted by Crippen LogP contribution is -2.32. The third kappa shape index (κ3) is 3.90. The zero-order chi connectivity index (χ0) is 16.4. The van der Waals surface area contributed by atoms with Gasteiger partial charge >= 0.3 is 0 Å². The van der Waals surface area contributed by atoms with Crippen molar-refractivity contribution in [3.8, 4) is 5.75 Å². The number of fused-ring (bicyclic) bond motifs is 1. The quantitative estimate of drug-likeness (QED) is 0.865. The second-order valence-corrected chi connectivity index (χ2v) is 6.10. The Morgan fingerprint density at radius 2 is 2.13 bits per heavy atom. The van der Waals surface area contributed by atoms with Crippen molar-refractivity contribution in [3.05, 3.63) is 56.7 Å². The van der Waals surface area contributed by atoms with Gasteiger partial charge in [-0.3, -0.25) is 9.69 Å². The van der Waals surface area contributed by atoms with Crippen molar-refractivity contribution in [2.75, 3.05) is 13.2 Å². The van der Waals surface area contributed by atoms with Crippen molar-refractivity contribution in [2.24, 2.45) is 0 Å². The summed E-state index contributed by atoms with van der Waals surface area (Å²) in [6.45, 7) is 3.42. The van der Waals surface area contributed by atoms with Gasteiger partial charge in [-0.05, 0) is 31.2 Å². The van der Waals surface area contributed by atoms with Gasteiger partial charge < -0.3 is 14.8 Å². The minimum Gasteiger partial charge on any atom is -0.491 e. The minimum atomic E-state index is -0.653. The number of halogens is 1. The number of aromatic nitrogens is 2. The van der Waals surface area contributed by atoms with Crippen LogP contribution in [0, 0.1) is 6.92 Å². The van der Waals surface area contributed by atoms with Crippen LogP contribution >= 0.6 is 11.6 Å². The summed E-state index contributed by atoms with van der Waals surface area (Å²) in [5.41, 5.74) is 1.38. The first-order chi connectivity index (χ1) is 11.0. The van der Waals surface area contributed by atoms with E-state index in [1.165, 1.54) is 0 Å². The molecule has 0 aliphatic carbocycles. The van der Waals surface area contributed by atoms with E-state index >= 15 is 0 Å². The van der Waals surface area contributed by atoms with E-state index < -0.39 is 6.10 Å². The first-order valence-electron chi connectivity index (χ1n) is 7.38. The Labute approximate surface area is 138 Å². The molecule has 0 spiro atoms. The first kappa shape index (κ1) is 16.0. The second-order valence-electron chi connectivity index (χ2n) is 5.66. The van der Waals surface area contributed by atoms with Crippen LogP contribution in [0.2, 0.25) is 5.02 Å². The van der Waals surface area contributed by atoms with Crippen molar-refractivity contribution < 1.29 is 9.84 Å².